The van der Waals surface area contributed by atoms with Crippen molar-refractivity contribution in [1.29, 1.82) is 0 Å². The first-order chi connectivity index (χ1) is 12.0. The third-order valence-corrected chi connectivity index (χ3v) is 5.82. The van der Waals surface area contributed by atoms with Crippen LogP contribution in [-0.2, 0) is 13.6 Å². The lowest BCUT2D eigenvalue weighted by Crippen LogP contribution is -2.49. The van der Waals surface area contributed by atoms with E-state index >= 15 is 0 Å². The van der Waals surface area contributed by atoms with E-state index in [1.165, 1.54) is 64.2 Å². The van der Waals surface area contributed by atoms with Gasteiger partial charge in [0.2, 0.25) is 0 Å². The highest BCUT2D eigenvalue weighted by atomic mass is 31.2. The second-order valence-electron chi connectivity index (χ2n) is 7.24. The van der Waals surface area contributed by atoms with Gasteiger partial charge in [-0.3, -0.25) is 9.05 Å². The smallest absolute Gasteiger partial charge is 0.390 e. The fourth-order valence-electron chi connectivity index (χ4n) is 3.25. The van der Waals surface area contributed by atoms with Crippen LogP contribution in [0.4, 0.5) is 0 Å². The Bertz CT molecular complexity index is 382. The molecule has 1 rings (SSSR count). The molecule has 0 amide bonds. The van der Waals surface area contributed by atoms with Gasteiger partial charge in [0.15, 0.2) is 0 Å². The Kier molecular flexibility index (Phi) is 12.2. The van der Waals surface area contributed by atoms with Crippen LogP contribution < -0.4 is 5.73 Å². The topological polar surface area (TPSA) is 102 Å². The molecule has 7 heteroatoms. The van der Waals surface area contributed by atoms with Gasteiger partial charge in [0.1, 0.15) is 6.10 Å². The number of unbranched alkanes of at least 4 members (excludes halogenated alkanes) is 11. The third-order valence-electron chi connectivity index (χ3n) is 4.84. The second-order valence-corrected chi connectivity index (χ2v) is 8.65. The van der Waals surface area contributed by atoms with E-state index in [4.69, 9.17) is 10.3 Å². The molecule has 6 nitrogen and oxygen atoms in total. The molecule has 3 unspecified atom stereocenters. The van der Waals surface area contributed by atoms with Crippen molar-refractivity contribution in [1.82, 2.24) is 0 Å². The number of aliphatic hydroxyl groups excluding tert-OH is 1. The van der Waals surface area contributed by atoms with Crippen molar-refractivity contribution in [2.24, 2.45) is 5.73 Å². The summed E-state index contributed by atoms with van der Waals surface area (Å²) < 4.78 is 21.0. The summed E-state index contributed by atoms with van der Waals surface area (Å²) in [5.41, 5.74) is 5.80. The van der Waals surface area contributed by atoms with Crippen LogP contribution in [0.5, 0.6) is 0 Å². The number of nitrogens with two attached hydrogens (primary N) is 1. The van der Waals surface area contributed by atoms with Crippen LogP contribution in [0.25, 0.3) is 0 Å². The summed E-state index contributed by atoms with van der Waals surface area (Å²) in [5, 5.41) is 10.1. The third kappa shape index (κ3) is 10.7. The molecule has 25 heavy (non-hydrogen) atoms. The van der Waals surface area contributed by atoms with E-state index in [1.54, 1.807) is 0 Å². The molecule has 1 heterocycles. The minimum atomic E-state index is -4.04. The minimum absolute atomic E-state index is 0.0616. The number of rotatable bonds is 14. The standard InChI is InChI=1S/C18H38NO5P/c1-2-3-4-5-6-7-8-9-10-11-12-13-14-17(20)18-16(19)15-23-25(21,22)24-18/h16-18,20H,2-15,19H2,1H3,(H,21,22)/t16?,17?,18-/m0/s1. The molecule has 0 aromatic carbocycles. The van der Waals surface area contributed by atoms with Crippen LogP contribution in [0.3, 0.4) is 0 Å². The van der Waals surface area contributed by atoms with Crippen molar-refractivity contribution in [2.75, 3.05) is 6.61 Å². The van der Waals surface area contributed by atoms with Gasteiger partial charge in [0.05, 0.1) is 18.8 Å². The minimum Gasteiger partial charge on any atom is -0.390 e. The van der Waals surface area contributed by atoms with Gasteiger partial charge in [-0.2, -0.15) is 0 Å². The molecule has 0 aliphatic carbocycles. The van der Waals surface area contributed by atoms with Crippen molar-refractivity contribution in [2.45, 2.75) is 109 Å². The number of phosphoric ester groups is 1. The molecule has 0 spiro atoms. The van der Waals surface area contributed by atoms with Crippen molar-refractivity contribution in [3.63, 3.8) is 0 Å². The van der Waals surface area contributed by atoms with E-state index in [-0.39, 0.29) is 6.61 Å². The molecule has 1 aliphatic heterocycles. The molecule has 150 valence electrons. The van der Waals surface area contributed by atoms with Crippen LogP contribution in [0.15, 0.2) is 0 Å². The molecule has 0 aromatic rings. The number of phosphoric acid groups is 1. The van der Waals surface area contributed by atoms with Crippen molar-refractivity contribution in [3.8, 4) is 0 Å². The van der Waals surface area contributed by atoms with Crippen LogP contribution in [0, 0.1) is 0 Å². The van der Waals surface area contributed by atoms with Crippen molar-refractivity contribution in [3.05, 3.63) is 0 Å². The quantitative estimate of drug-likeness (QED) is 0.307. The van der Waals surface area contributed by atoms with E-state index in [0.717, 1.165) is 12.8 Å². The van der Waals surface area contributed by atoms with Gasteiger partial charge in [-0.1, -0.05) is 84.0 Å². The largest absolute Gasteiger partial charge is 0.472 e. The summed E-state index contributed by atoms with van der Waals surface area (Å²) in [7, 11) is -4.04. The molecular weight excluding hydrogens is 341 g/mol. The zero-order chi connectivity index (χ0) is 18.5. The highest BCUT2D eigenvalue weighted by Gasteiger charge is 2.40. The Balaban J connectivity index is 1.96. The highest BCUT2D eigenvalue weighted by Crippen LogP contribution is 2.48. The Labute approximate surface area is 153 Å². The van der Waals surface area contributed by atoms with Gasteiger partial charge < -0.3 is 15.7 Å². The maximum Gasteiger partial charge on any atom is 0.472 e. The van der Waals surface area contributed by atoms with Gasteiger partial charge in [-0.05, 0) is 6.42 Å². The summed E-state index contributed by atoms with van der Waals surface area (Å²) in [6, 6.07) is -0.568. The lowest BCUT2D eigenvalue weighted by Gasteiger charge is -2.33. The Morgan fingerprint density at radius 2 is 1.48 bits per heavy atom. The average Bonchev–Trinajstić information content (AvgIpc) is 2.58. The van der Waals surface area contributed by atoms with E-state index in [1.807, 2.05) is 0 Å². The number of aliphatic hydroxyl groups is 1. The number of hydrogen-bond acceptors (Lipinski definition) is 5. The van der Waals surface area contributed by atoms with Crippen LogP contribution in [-0.4, -0.2) is 34.9 Å². The maximum absolute atomic E-state index is 11.4. The normalized spacial score (nSPS) is 28.2. The van der Waals surface area contributed by atoms with Crippen LogP contribution in [0.2, 0.25) is 0 Å². The first-order valence-electron chi connectivity index (χ1n) is 10.1. The van der Waals surface area contributed by atoms with Gasteiger partial charge >= 0.3 is 7.82 Å². The first kappa shape index (κ1) is 23.1. The van der Waals surface area contributed by atoms with Gasteiger partial charge in [-0.15, -0.1) is 0 Å². The summed E-state index contributed by atoms with van der Waals surface area (Å²) in [4.78, 5) is 9.33. The molecule has 1 saturated heterocycles. The van der Waals surface area contributed by atoms with E-state index in [9.17, 15) is 14.6 Å². The lowest BCUT2D eigenvalue weighted by atomic mass is 10.00. The molecule has 0 aromatic heterocycles. The Hall–Kier alpha value is 0.0300. The predicted molar refractivity (Wildman–Crippen MR) is 100 cm³/mol. The molecule has 1 fully saturated rings. The molecular formula is C18H38NO5P. The molecule has 0 radical (unpaired) electrons. The maximum atomic E-state index is 11.4. The predicted octanol–water partition coefficient (Wildman–Crippen LogP) is 4.28. The summed E-state index contributed by atoms with van der Waals surface area (Å²) in [6.45, 7) is 2.18. The van der Waals surface area contributed by atoms with Gasteiger partial charge in [0.25, 0.3) is 0 Å². The lowest BCUT2D eigenvalue weighted by molar-refractivity contribution is -0.0429. The van der Waals surface area contributed by atoms with Gasteiger partial charge in [0, 0.05) is 0 Å². The zero-order valence-corrected chi connectivity index (χ0v) is 16.7. The average molecular weight is 379 g/mol. The van der Waals surface area contributed by atoms with Crippen LogP contribution >= 0.6 is 7.82 Å². The molecule has 4 N–H and O–H groups in total. The van der Waals surface area contributed by atoms with Crippen molar-refractivity contribution >= 4 is 7.82 Å². The Morgan fingerprint density at radius 1 is 1.00 bits per heavy atom. The second kappa shape index (κ2) is 13.2. The van der Waals surface area contributed by atoms with Gasteiger partial charge in [-0.25, -0.2) is 4.57 Å². The number of hydrogen-bond donors (Lipinski definition) is 3. The summed E-state index contributed by atoms with van der Waals surface area (Å²) in [6.07, 6.45) is 14.0. The molecule has 4 atom stereocenters. The molecule has 1 aliphatic rings. The summed E-state index contributed by atoms with van der Waals surface area (Å²) >= 11 is 0. The molecule has 0 bridgehead atoms. The zero-order valence-electron chi connectivity index (χ0n) is 15.8. The first-order valence-corrected chi connectivity index (χ1v) is 11.5. The highest BCUT2D eigenvalue weighted by molar-refractivity contribution is 7.47. The van der Waals surface area contributed by atoms with E-state index in [0.29, 0.717) is 6.42 Å². The monoisotopic (exact) mass is 379 g/mol. The van der Waals surface area contributed by atoms with E-state index < -0.39 is 26.1 Å². The molecule has 0 saturated carbocycles. The SMILES string of the molecule is CCCCCCCCCCCCCCC(O)[C@H]1OP(=O)(O)OCC1N. The van der Waals surface area contributed by atoms with Crippen LogP contribution in [0.1, 0.15) is 90.4 Å². The fraction of sp³-hybridized carbons (Fsp3) is 1.00. The Morgan fingerprint density at radius 3 is 2.00 bits per heavy atom. The van der Waals surface area contributed by atoms with Crippen molar-refractivity contribution < 1.29 is 23.6 Å². The summed E-state index contributed by atoms with van der Waals surface area (Å²) in [5.74, 6) is 0. The van der Waals surface area contributed by atoms with E-state index in [2.05, 4.69) is 11.4 Å². The fourth-order valence-corrected chi connectivity index (χ4v) is 4.28.